The molecule has 0 saturated heterocycles. The van der Waals surface area contributed by atoms with Crippen LogP contribution in [0.5, 0.6) is 0 Å². The summed E-state index contributed by atoms with van der Waals surface area (Å²) in [5.74, 6) is 1.29. The van der Waals surface area contributed by atoms with E-state index < -0.39 is 0 Å². The largest absolute Gasteiger partial charge is 0.353 e. The number of amides is 3. The van der Waals surface area contributed by atoms with Gasteiger partial charge in [0.2, 0.25) is 5.91 Å². The fourth-order valence-electron chi connectivity index (χ4n) is 3.44. The zero-order chi connectivity index (χ0) is 17.8. The zero-order valence-electron chi connectivity index (χ0n) is 14.5. The Balaban J connectivity index is 1.38. The molecule has 1 aliphatic carbocycles. The third-order valence-corrected chi connectivity index (χ3v) is 5.89. The highest BCUT2D eigenvalue weighted by molar-refractivity contribution is 7.99. The van der Waals surface area contributed by atoms with E-state index in [-0.39, 0.29) is 17.7 Å². The molecule has 3 rings (SSSR count). The normalized spacial score (nSPS) is 22.8. The van der Waals surface area contributed by atoms with Gasteiger partial charge in [-0.1, -0.05) is 19.1 Å². The van der Waals surface area contributed by atoms with Crippen molar-refractivity contribution < 1.29 is 14.4 Å². The molecule has 0 spiro atoms. The summed E-state index contributed by atoms with van der Waals surface area (Å²) >= 11 is 1.46. The van der Waals surface area contributed by atoms with Crippen LogP contribution in [-0.4, -0.2) is 46.7 Å². The molecule has 1 aromatic rings. The average Bonchev–Trinajstić information content (AvgIpc) is 2.86. The minimum Gasteiger partial charge on any atom is -0.353 e. The Morgan fingerprint density at radius 2 is 1.72 bits per heavy atom. The van der Waals surface area contributed by atoms with E-state index in [9.17, 15) is 14.4 Å². The number of nitrogens with one attached hydrogen (secondary N) is 1. The topological polar surface area (TPSA) is 66.5 Å². The number of hydrogen-bond acceptors (Lipinski definition) is 4. The molecule has 25 heavy (non-hydrogen) atoms. The van der Waals surface area contributed by atoms with Gasteiger partial charge in [-0.2, -0.15) is 11.8 Å². The molecule has 0 bridgehead atoms. The lowest BCUT2D eigenvalue weighted by molar-refractivity contribution is -0.119. The van der Waals surface area contributed by atoms with Gasteiger partial charge in [0.1, 0.15) is 0 Å². The van der Waals surface area contributed by atoms with E-state index in [1.807, 2.05) is 0 Å². The first kappa shape index (κ1) is 18.0. The molecule has 1 aromatic carbocycles. The highest BCUT2D eigenvalue weighted by Crippen LogP contribution is 2.24. The van der Waals surface area contributed by atoms with Gasteiger partial charge >= 0.3 is 0 Å². The van der Waals surface area contributed by atoms with Gasteiger partial charge in [-0.15, -0.1) is 0 Å². The van der Waals surface area contributed by atoms with Crippen LogP contribution in [-0.2, 0) is 4.79 Å². The van der Waals surface area contributed by atoms with Crippen molar-refractivity contribution in [1.29, 1.82) is 0 Å². The average molecular weight is 360 g/mol. The number of carbonyl (C=O) groups excluding carboxylic acids is 3. The van der Waals surface area contributed by atoms with Crippen molar-refractivity contribution in [3.8, 4) is 0 Å². The SMILES string of the molecule is CC1CCC(NC(=O)CSCCN2C(=O)c3ccccc3C2=O)CC1. The predicted molar refractivity (Wildman–Crippen MR) is 98.7 cm³/mol. The van der Waals surface area contributed by atoms with Gasteiger partial charge in [-0.3, -0.25) is 19.3 Å². The Hall–Kier alpha value is -1.82. The van der Waals surface area contributed by atoms with Gasteiger partial charge in [-0.05, 0) is 43.7 Å². The molecule has 134 valence electrons. The molecule has 1 aliphatic heterocycles. The number of fused-ring (bicyclic) bond motifs is 1. The van der Waals surface area contributed by atoms with Crippen molar-refractivity contribution in [2.24, 2.45) is 5.92 Å². The molecule has 1 saturated carbocycles. The molecule has 1 fully saturated rings. The molecule has 0 aromatic heterocycles. The first-order chi connectivity index (χ1) is 12.1. The van der Waals surface area contributed by atoms with Crippen LogP contribution in [0.4, 0.5) is 0 Å². The smallest absolute Gasteiger partial charge is 0.261 e. The van der Waals surface area contributed by atoms with E-state index in [2.05, 4.69) is 12.2 Å². The maximum absolute atomic E-state index is 12.2. The highest BCUT2D eigenvalue weighted by atomic mass is 32.2. The van der Waals surface area contributed by atoms with E-state index in [1.54, 1.807) is 24.3 Å². The van der Waals surface area contributed by atoms with Crippen molar-refractivity contribution in [3.63, 3.8) is 0 Å². The van der Waals surface area contributed by atoms with Gasteiger partial charge in [0, 0.05) is 18.3 Å². The number of carbonyl (C=O) groups is 3. The molecule has 0 radical (unpaired) electrons. The van der Waals surface area contributed by atoms with Crippen LogP contribution in [0.3, 0.4) is 0 Å². The fourth-order valence-corrected chi connectivity index (χ4v) is 4.16. The van der Waals surface area contributed by atoms with Crippen molar-refractivity contribution in [1.82, 2.24) is 10.2 Å². The van der Waals surface area contributed by atoms with Gasteiger partial charge in [0.05, 0.1) is 16.9 Å². The molecule has 2 aliphatic rings. The van der Waals surface area contributed by atoms with Crippen molar-refractivity contribution in [2.75, 3.05) is 18.1 Å². The van der Waals surface area contributed by atoms with Crippen LogP contribution in [0.25, 0.3) is 0 Å². The van der Waals surface area contributed by atoms with Crippen LogP contribution in [0.2, 0.25) is 0 Å². The third-order valence-electron chi connectivity index (χ3n) is 4.95. The second-order valence-electron chi connectivity index (χ2n) is 6.88. The molecule has 0 unspecified atom stereocenters. The lowest BCUT2D eigenvalue weighted by Gasteiger charge is -2.26. The molecular formula is C19H24N2O3S. The number of rotatable bonds is 6. The molecule has 5 nitrogen and oxygen atoms in total. The van der Waals surface area contributed by atoms with Gasteiger partial charge in [-0.25, -0.2) is 0 Å². The Bertz CT molecular complexity index is 633. The van der Waals surface area contributed by atoms with Crippen LogP contribution in [0, 0.1) is 5.92 Å². The number of benzene rings is 1. The minimum absolute atomic E-state index is 0.0481. The summed E-state index contributed by atoms with van der Waals surface area (Å²) in [6.45, 7) is 2.60. The van der Waals surface area contributed by atoms with E-state index in [0.717, 1.165) is 18.8 Å². The van der Waals surface area contributed by atoms with E-state index >= 15 is 0 Å². The summed E-state index contributed by atoms with van der Waals surface area (Å²) in [6.07, 6.45) is 4.48. The van der Waals surface area contributed by atoms with Gasteiger partial charge in [0.25, 0.3) is 11.8 Å². The van der Waals surface area contributed by atoms with Crippen molar-refractivity contribution in [3.05, 3.63) is 35.4 Å². The van der Waals surface area contributed by atoms with Gasteiger partial charge < -0.3 is 5.32 Å². The van der Waals surface area contributed by atoms with Crippen LogP contribution in [0.15, 0.2) is 24.3 Å². The summed E-state index contributed by atoms with van der Waals surface area (Å²) < 4.78 is 0. The quantitative estimate of drug-likeness (QED) is 0.626. The molecule has 1 N–H and O–H groups in total. The Morgan fingerprint density at radius 3 is 2.32 bits per heavy atom. The van der Waals surface area contributed by atoms with E-state index in [1.165, 1.54) is 29.5 Å². The molecule has 3 amide bonds. The lowest BCUT2D eigenvalue weighted by atomic mass is 9.87. The fraction of sp³-hybridized carbons (Fsp3) is 0.526. The van der Waals surface area contributed by atoms with Crippen molar-refractivity contribution in [2.45, 2.75) is 38.6 Å². The molecule has 1 heterocycles. The van der Waals surface area contributed by atoms with Crippen LogP contribution in [0.1, 0.15) is 53.3 Å². The Kier molecular flexibility index (Phi) is 5.78. The Labute approximate surface area is 152 Å². The molecule has 6 heteroatoms. The van der Waals surface area contributed by atoms with E-state index in [0.29, 0.717) is 35.2 Å². The van der Waals surface area contributed by atoms with Crippen molar-refractivity contribution >= 4 is 29.5 Å². The lowest BCUT2D eigenvalue weighted by Crippen LogP contribution is -2.38. The molecular weight excluding hydrogens is 336 g/mol. The summed E-state index contributed by atoms with van der Waals surface area (Å²) in [5, 5.41) is 3.09. The molecule has 0 atom stereocenters. The number of thioether (sulfide) groups is 1. The first-order valence-electron chi connectivity index (χ1n) is 8.88. The maximum atomic E-state index is 12.2. The minimum atomic E-state index is -0.234. The first-order valence-corrected chi connectivity index (χ1v) is 10.0. The van der Waals surface area contributed by atoms with Crippen LogP contribution >= 0.6 is 11.8 Å². The number of hydrogen-bond donors (Lipinski definition) is 1. The standard InChI is InChI=1S/C19H24N2O3S/c1-13-6-8-14(9-7-13)20-17(22)12-25-11-10-21-18(23)15-4-2-3-5-16(15)19(21)24/h2-5,13-14H,6-12H2,1H3,(H,20,22). The summed E-state index contributed by atoms with van der Waals surface area (Å²) in [6, 6.07) is 7.19. The van der Waals surface area contributed by atoms with Crippen LogP contribution < -0.4 is 5.32 Å². The highest BCUT2D eigenvalue weighted by Gasteiger charge is 2.34. The zero-order valence-corrected chi connectivity index (χ0v) is 15.3. The number of nitrogens with zero attached hydrogens (tertiary/aromatic N) is 1. The summed E-state index contributed by atoms with van der Waals surface area (Å²) in [4.78, 5) is 37.8. The number of imide groups is 1. The predicted octanol–water partition coefficient (Wildman–Crippen LogP) is 2.71. The second-order valence-corrected chi connectivity index (χ2v) is 7.99. The van der Waals surface area contributed by atoms with Gasteiger partial charge in [0.15, 0.2) is 0 Å². The maximum Gasteiger partial charge on any atom is 0.261 e. The van der Waals surface area contributed by atoms with E-state index in [4.69, 9.17) is 0 Å². The monoisotopic (exact) mass is 360 g/mol. The summed E-state index contributed by atoms with van der Waals surface area (Å²) in [5.41, 5.74) is 0.948. The summed E-state index contributed by atoms with van der Waals surface area (Å²) in [7, 11) is 0. The second kappa shape index (κ2) is 8.04. The Morgan fingerprint density at radius 1 is 1.12 bits per heavy atom. The third kappa shape index (κ3) is 4.24.